The number of amides is 3. The summed E-state index contributed by atoms with van der Waals surface area (Å²) in [6, 6.07) is 6.80. The molecule has 2 aliphatic rings. The minimum absolute atomic E-state index is 0.266. The predicted octanol–water partition coefficient (Wildman–Crippen LogP) is 1.60. The number of fused-ring (bicyclic) bond motifs is 1. The van der Waals surface area contributed by atoms with Gasteiger partial charge in [0.25, 0.3) is 17.7 Å². The summed E-state index contributed by atoms with van der Waals surface area (Å²) < 4.78 is 0. The lowest BCUT2D eigenvalue weighted by Gasteiger charge is -2.35. The van der Waals surface area contributed by atoms with E-state index in [0.717, 1.165) is 17.7 Å². The normalized spacial score (nSPS) is 24.4. The van der Waals surface area contributed by atoms with Crippen LogP contribution in [0.15, 0.2) is 24.3 Å². The summed E-state index contributed by atoms with van der Waals surface area (Å²) in [7, 11) is 0. The van der Waals surface area contributed by atoms with E-state index in [4.69, 9.17) is 12.2 Å². The maximum absolute atomic E-state index is 12.3. The summed E-state index contributed by atoms with van der Waals surface area (Å²) in [6.45, 7) is 4.07. The number of nitrogens with one attached hydrogen (secondary N) is 3. The number of nitrogens with zero attached hydrogens (tertiary/aromatic N) is 1. The highest BCUT2D eigenvalue weighted by molar-refractivity contribution is 7.80. The van der Waals surface area contributed by atoms with Crippen LogP contribution in [0.2, 0.25) is 0 Å². The lowest BCUT2D eigenvalue weighted by molar-refractivity contribution is -0.122. The van der Waals surface area contributed by atoms with Crippen LogP contribution in [-0.2, 0) is 4.79 Å². The highest BCUT2D eigenvalue weighted by atomic mass is 32.1. The number of benzene rings is 1. The Labute approximate surface area is 163 Å². The first-order chi connectivity index (χ1) is 12.9. The summed E-state index contributed by atoms with van der Waals surface area (Å²) >= 11 is 5.25. The Hall–Kier alpha value is -2.48. The summed E-state index contributed by atoms with van der Waals surface area (Å²) in [5.41, 5.74) is 5.76. The lowest BCUT2D eigenvalue weighted by Crippen LogP contribution is -2.54. The molecular weight excluding hydrogens is 364 g/mol. The smallest absolute Gasteiger partial charge is 0.262 e. The first-order valence-corrected chi connectivity index (χ1v) is 9.60. The van der Waals surface area contributed by atoms with E-state index in [9.17, 15) is 14.4 Å². The minimum atomic E-state index is -0.515. The highest BCUT2D eigenvalue weighted by Gasteiger charge is 2.36. The van der Waals surface area contributed by atoms with Crippen LogP contribution in [0, 0.1) is 11.8 Å². The van der Waals surface area contributed by atoms with Gasteiger partial charge in [0, 0.05) is 6.04 Å². The van der Waals surface area contributed by atoms with Crippen LogP contribution in [0.25, 0.3) is 0 Å². The number of carbonyl (C=O) groups excluding carboxylic acids is 3. The predicted molar refractivity (Wildman–Crippen MR) is 105 cm³/mol. The van der Waals surface area contributed by atoms with E-state index < -0.39 is 17.7 Å². The molecule has 1 aliphatic carbocycles. The molecular formula is C19H24N4O3S. The second-order valence-corrected chi connectivity index (χ2v) is 7.67. The average Bonchev–Trinajstić information content (AvgIpc) is 2.89. The molecule has 27 heavy (non-hydrogen) atoms. The molecule has 1 aromatic rings. The molecule has 8 heteroatoms. The third kappa shape index (κ3) is 4.10. The Kier molecular flexibility index (Phi) is 5.74. The van der Waals surface area contributed by atoms with Crippen molar-refractivity contribution in [2.24, 2.45) is 11.8 Å². The topological polar surface area (TPSA) is 90.5 Å². The molecule has 144 valence electrons. The van der Waals surface area contributed by atoms with Crippen molar-refractivity contribution in [3.05, 3.63) is 35.4 Å². The van der Waals surface area contributed by atoms with Crippen molar-refractivity contribution in [3.8, 4) is 0 Å². The fourth-order valence-electron chi connectivity index (χ4n) is 3.68. The molecule has 3 N–H and O–H groups in total. The second-order valence-electron chi connectivity index (χ2n) is 7.26. The third-order valence-corrected chi connectivity index (χ3v) is 5.74. The Morgan fingerprint density at radius 3 is 2.37 bits per heavy atom. The van der Waals surface area contributed by atoms with Crippen LogP contribution in [0.5, 0.6) is 0 Å². The molecule has 7 nitrogen and oxygen atoms in total. The van der Waals surface area contributed by atoms with Crippen LogP contribution >= 0.6 is 12.2 Å². The Morgan fingerprint density at radius 1 is 1.11 bits per heavy atom. The van der Waals surface area contributed by atoms with Gasteiger partial charge in [-0.3, -0.25) is 30.1 Å². The van der Waals surface area contributed by atoms with E-state index in [1.807, 2.05) is 0 Å². The molecule has 0 bridgehead atoms. The third-order valence-electron chi connectivity index (χ3n) is 5.52. The van der Waals surface area contributed by atoms with E-state index >= 15 is 0 Å². The second kappa shape index (κ2) is 8.04. The first kappa shape index (κ1) is 19.3. The Bertz CT molecular complexity index is 747. The quantitative estimate of drug-likeness (QED) is 0.414. The molecule has 1 aromatic carbocycles. The first-order valence-electron chi connectivity index (χ1n) is 9.19. The molecule has 0 spiro atoms. The molecule has 0 saturated heterocycles. The maximum Gasteiger partial charge on any atom is 0.262 e. The maximum atomic E-state index is 12.3. The van der Waals surface area contributed by atoms with Gasteiger partial charge in [-0.25, -0.2) is 0 Å². The lowest BCUT2D eigenvalue weighted by atomic mass is 9.78. The summed E-state index contributed by atoms with van der Waals surface area (Å²) in [5, 5.41) is 3.57. The number of thiocarbonyl (C=S) groups is 1. The molecule has 0 unspecified atom stereocenters. The summed E-state index contributed by atoms with van der Waals surface area (Å²) in [5.74, 6) is -0.318. The van der Waals surface area contributed by atoms with Crippen LogP contribution in [0.4, 0.5) is 0 Å². The van der Waals surface area contributed by atoms with E-state index in [2.05, 4.69) is 30.0 Å². The van der Waals surface area contributed by atoms with E-state index in [1.165, 1.54) is 6.42 Å². The highest BCUT2D eigenvalue weighted by Crippen LogP contribution is 2.29. The molecule has 1 heterocycles. The van der Waals surface area contributed by atoms with Crippen molar-refractivity contribution in [3.63, 3.8) is 0 Å². The summed E-state index contributed by atoms with van der Waals surface area (Å²) in [4.78, 5) is 37.6. The van der Waals surface area contributed by atoms with Crippen molar-refractivity contribution < 1.29 is 14.4 Å². The van der Waals surface area contributed by atoms with Gasteiger partial charge in [-0.15, -0.1) is 0 Å². The van der Waals surface area contributed by atoms with Crippen molar-refractivity contribution in [2.75, 3.05) is 6.54 Å². The molecule has 0 radical (unpaired) electrons. The van der Waals surface area contributed by atoms with Crippen molar-refractivity contribution in [1.29, 1.82) is 0 Å². The summed E-state index contributed by atoms with van der Waals surface area (Å²) in [6.07, 6.45) is 3.41. The van der Waals surface area contributed by atoms with Gasteiger partial charge in [0.05, 0.1) is 11.1 Å². The number of imide groups is 1. The standard InChI is InChI=1S/C19H24N4O3S/c1-11-6-5-9-15(12(11)2)20-19(27)22-21-16(24)10-23-17(25)13-7-3-4-8-14(13)18(23)26/h3-4,7-8,11-12,15H,5-6,9-10H2,1-2H3,(H,21,24)(H2,20,22,27)/t11-,12-,15+/m1/s1. The average molecular weight is 388 g/mol. The zero-order valence-electron chi connectivity index (χ0n) is 15.5. The number of hydrazine groups is 1. The molecule has 3 amide bonds. The van der Waals surface area contributed by atoms with Crippen molar-refractivity contribution in [1.82, 2.24) is 21.1 Å². The van der Waals surface area contributed by atoms with Crippen molar-refractivity contribution >= 4 is 35.1 Å². The van der Waals surface area contributed by atoms with Crippen LogP contribution in [-0.4, -0.2) is 40.3 Å². The van der Waals surface area contributed by atoms with Crippen LogP contribution in [0.3, 0.4) is 0 Å². The monoisotopic (exact) mass is 388 g/mol. The molecule has 3 atom stereocenters. The van der Waals surface area contributed by atoms with Gasteiger partial charge in [-0.1, -0.05) is 38.8 Å². The fourth-order valence-corrected chi connectivity index (χ4v) is 3.88. The van der Waals surface area contributed by atoms with Crippen molar-refractivity contribution in [2.45, 2.75) is 39.2 Å². The number of rotatable bonds is 3. The fraction of sp³-hybridized carbons (Fsp3) is 0.474. The zero-order chi connectivity index (χ0) is 19.6. The van der Waals surface area contributed by atoms with Gasteiger partial charge < -0.3 is 5.32 Å². The molecule has 3 rings (SSSR count). The van der Waals surface area contributed by atoms with Gasteiger partial charge in [0.15, 0.2) is 5.11 Å². The van der Waals surface area contributed by atoms with E-state index in [-0.39, 0.29) is 12.6 Å². The number of hydrogen-bond donors (Lipinski definition) is 3. The van der Waals surface area contributed by atoms with Gasteiger partial charge in [0.2, 0.25) is 0 Å². The van der Waals surface area contributed by atoms with E-state index in [1.54, 1.807) is 24.3 Å². The van der Waals surface area contributed by atoms with Gasteiger partial charge in [0.1, 0.15) is 6.54 Å². The van der Waals surface area contributed by atoms with Gasteiger partial charge in [-0.05, 0) is 42.6 Å². The number of hydrogen-bond acceptors (Lipinski definition) is 4. The van der Waals surface area contributed by atoms with Gasteiger partial charge >= 0.3 is 0 Å². The van der Waals surface area contributed by atoms with Gasteiger partial charge in [-0.2, -0.15) is 0 Å². The Balaban J connectivity index is 1.48. The van der Waals surface area contributed by atoms with Crippen LogP contribution < -0.4 is 16.2 Å². The molecule has 1 aliphatic heterocycles. The zero-order valence-corrected chi connectivity index (χ0v) is 16.3. The largest absolute Gasteiger partial charge is 0.358 e. The van der Waals surface area contributed by atoms with E-state index in [0.29, 0.717) is 28.1 Å². The SMILES string of the molecule is C[C@@H]1[C@H](C)CCC[C@@H]1NC(=S)NNC(=O)CN1C(=O)c2ccccc2C1=O. The molecule has 1 fully saturated rings. The Morgan fingerprint density at radius 2 is 1.74 bits per heavy atom. The molecule has 0 aromatic heterocycles. The van der Waals surface area contributed by atoms with Crippen LogP contribution in [0.1, 0.15) is 53.8 Å². The minimum Gasteiger partial charge on any atom is -0.358 e. The number of carbonyl (C=O) groups is 3. The molecule has 1 saturated carbocycles.